The van der Waals surface area contributed by atoms with E-state index in [1.165, 1.54) is 12.1 Å². The molecule has 0 aliphatic heterocycles. The zero-order chi connectivity index (χ0) is 12.0. The molecule has 0 bridgehead atoms. The summed E-state index contributed by atoms with van der Waals surface area (Å²) < 4.78 is 40.5. The predicted octanol–water partition coefficient (Wildman–Crippen LogP) is 2.03. The summed E-state index contributed by atoms with van der Waals surface area (Å²) in [6.07, 6.45) is 0.379. The number of benzene rings is 1. The van der Waals surface area contributed by atoms with Crippen LogP contribution in [0.2, 0.25) is 0 Å². The molecular formula is C11H15FO3S. The van der Waals surface area contributed by atoms with Crippen molar-refractivity contribution in [2.24, 2.45) is 0 Å². The number of halogens is 1. The molecule has 3 nitrogen and oxygen atoms in total. The third-order valence-corrected chi connectivity index (χ3v) is 3.92. The normalized spacial score (nSPS) is 11.4. The monoisotopic (exact) mass is 246 g/mol. The number of hydrogen-bond donors (Lipinski definition) is 0. The molecule has 0 saturated carbocycles. The van der Waals surface area contributed by atoms with Crippen molar-refractivity contribution in [3.8, 4) is 5.75 Å². The summed E-state index contributed by atoms with van der Waals surface area (Å²) in [4.78, 5) is 0. The summed E-state index contributed by atoms with van der Waals surface area (Å²) in [5.41, 5.74) is 0. The van der Waals surface area contributed by atoms with E-state index >= 15 is 0 Å². The van der Waals surface area contributed by atoms with Gasteiger partial charge in [-0.3, -0.25) is 0 Å². The first kappa shape index (κ1) is 13.0. The van der Waals surface area contributed by atoms with Crippen LogP contribution in [0.15, 0.2) is 24.3 Å². The first-order valence-corrected chi connectivity index (χ1v) is 6.95. The molecule has 0 radical (unpaired) electrons. The number of sulfone groups is 1. The van der Waals surface area contributed by atoms with E-state index in [1.54, 1.807) is 19.1 Å². The highest BCUT2D eigenvalue weighted by atomic mass is 32.2. The van der Waals surface area contributed by atoms with Crippen LogP contribution in [-0.2, 0) is 9.84 Å². The Kier molecular flexibility index (Phi) is 4.73. The molecule has 5 heteroatoms. The van der Waals surface area contributed by atoms with E-state index < -0.39 is 15.7 Å². The molecule has 0 aromatic heterocycles. The van der Waals surface area contributed by atoms with Crippen LogP contribution in [0.4, 0.5) is 4.39 Å². The fourth-order valence-electron chi connectivity index (χ4n) is 1.17. The predicted molar refractivity (Wildman–Crippen MR) is 60.8 cm³/mol. The fraction of sp³-hybridized carbons (Fsp3) is 0.455. The van der Waals surface area contributed by atoms with Crippen LogP contribution >= 0.6 is 0 Å². The van der Waals surface area contributed by atoms with Gasteiger partial charge in [0.05, 0.1) is 12.4 Å². The van der Waals surface area contributed by atoms with Crippen LogP contribution in [0.25, 0.3) is 0 Å². The molecule has 0 amide bonds. The first-order valence-electron chi connectivity index (χ1n) is 5.13. The van der Waals surface area contributed by atoms with E-state index in [0.717, 1.165) is 0 Å². The molecule has 0 atom stereocenters. The zero-order valence-electron chi connectivity index (χ0n) is 9.15. The average Bonchev–Trinajstić information content (AvgIpc) is 2.27. The molecule has 1 aromatic carbocycles. The van der Waals surface area contributed by atoms with Crippen molar-refractivity contribution < 1.29 is 17.5 Å². The van der Waals surface area contributed by atoms with Crippen molar-refractivity contribution >= 4 is 9.84 Å². The van der Waals surface area contributed by atoms with Crippen molar-refractivity contribution in [3.63, 3.8) is 0 Å². The number of ether oxygens (including phenoxy) is 1. The van der Waals surface area contributed by atoms with Gasteiger partial charge in [0.2, 0.25) is 0 Å². The minimum atomic E-state index is -2.96. The lowest BCUT2D eigenvalue weighted by Gasteiger charge is -2.06. The highest BCUT2D eigenvalue weighted by molar-refractivity contribution is 7.91. The molecule has 1 aromatic rings. The number of para-hydroxylation sites is 1. The third kappa shape index (κ3) is 4.18. The molecule has 90 valence electrons. The third-order valence-electron chi connectivity index (χ3n) is 2.13. The van der Waals surface area contributed by atoms with Crippen molar-refractivity contribution in [1.29, 1.82) is 0 Å². The highest BCUT2D eigenvalue weighted by Crippen LogP contribution is 2.15. The van der Waals surface area contributed by atoms with E-state index in [0.29, 0.717) is 6.42 Å². The van der Waals surface area contributed by atoms with E-state index in [2.05, 4.69) is 0 Å². The largest absolute Gasteiger partial charge is 0.490 e. The summed E-state index contributed by atoms with van der Waals surface area (Å²) in [6, 6.07) is 6.06. The van der Waals surface area contributed by atoms with E-state index in [1.807, 2.05) is 0 Å². The molecule has 0 N–H and O–H groups in total. The van der Waals surface area contributed by atoms with Crippen molar-refractivity contribution in [1.82, 2.24) is 0 Å². The topological polar surface area (TPSA) is 43.4 Å². The summed E-state index contributed by atoms with van der Waals surface area (Å²) in [5.74, 6) is -0.0535. The molecule has 0 aliphatic carbocycles. The molecule has 1 rings (SSSR count). The van der Waals surface area contributed by atoms with Gasteiger partial charge in [0.15, 0.2) is 11.6 Å². The van der Waals surface area contributed by atoms with E-state index in [-0.39, 0.29) is 23.9 Å². The molecule has 0 unspecified atom stereocenters. The maximum atomic E-state index is 13.1. The molecule has 0 saturated heterocycles. The van der Waals surface area contributed by atoms with Crippen molar-refractivity contribution in [2.75, 3.05) is 18.1 Å². The van der Waals surface area contributed by atoms with Gasteiger partial charge < -0.3 is 4.74 Å². The minimum absolute atomic E-state index is 0.0813. The zero-order valence-corrected chi connectivity index (χ0v) is 9.97. The molecule has 0 heterocycles. The van der Waals surface area contributed by atoms with Crippen molar-refractivity contribution in [2.45, 2.75) is 13.3 Å². The lowest BCUT2D eigenvalue weighted by Crippen LogP contribution is -2.12. The van der Waals surface area contributed by atoms with Crippen LogP contribution in [0.1, 0.15) is 13.3 Å². The molecule has 16 heavy (non-hydrogen) atoms. The number of rotatable bonds is 6. The summed E-state index contributed by atoms with van der Waals surface area (Å²) in [5, 5.41) is 0. The standard InChI is InChI=1S/C11H15FO3S/c1-2-16(13,14)9-5-8-15-11-7-4-3-6-10(11)12/h3-4,6-7H,2,5,8-9H2,1H3. The quantitative estimate of drug-likeness (QED) is 0.721. The Bertz CT molecular complexity index is 429. The Labute approximate surface area is 95.2 Å². The Balaban J connectivity index is 2.35. The Hall–Kier alpha value is -1.10. The van der Waals surface area contributed by atoms with Crippen LogP contribution in [0.3, 0.4) is 0 Å². The Morgan fingerprint density at radius 3 is 2.62 bits per heavy atom. The lowest BCUT2D eigenvalue weighted by molar-refractivity contribution is 0.301. The van der Waals surface area contributed by atoms with Crippen LogP contribution in [0.5, 0.6) is 5.75 Å². The summed E-state index contributed by atoms with van der Waals surface area (Å²) in [7, 11) is -2.96. The second-order valence-corrected chi connectivity index (χ2v) is 5.84. The van der Waals surface area contributed by atoms with Gasteiger partial charge in [-0.05, 0) is 18.6 Å². The molecule has 0 aliphatic rings. The highest BCUT2D eigenvalue weighted by Gasteiger charge is 2.07. The smallest absolute Gasteiger partial charge is 0.165 e. The minimum Gasteiger partial charge on any atom is -0.490 e. The summed E-state index contributed by atoms with van der Waals surface area (Å²) in [6.45, 7) is 1.81. The SMILES string of the molecule is CCS(=O)(=O)CCCOc1ccccc1F. The van der Waals surface area contributed by atoms with Gasteiger partial charge >= 0.3 is 0 Å². The van der Waals surface area contributed by atoms with Gasteiger partial charge in [-0.1, -0.05) is 19.1 Å². The second kappa shape index (κ2) is 5.84. The van der Waals surface area contributed by atoms with E-state index in [9.17, 15) is 12.8 Å². The Morgan fingerprint density at radius 1 is 1.31 bits per heavy atom. The lowest BCUT2D eigenvalue weighted by atomic mass is 10.3. The van der Waals surface area contributed by atoms with Gasteiger partial charge in [0.1, 0.15) is 9.84 Å². The first-order chi connectivity index (χ1) is 7.55. The Morgan fingerprint density at radius 2 is 2.00 bits per heavy atom. The number of hydrogen-bond acceptors (Lipinski definition) is 3. The van der Waals surface area contributed by atoms with Crippen LogP contribution < -0.4 is 4.74 Å². The van der Waals surface area contributed by atoms with Gasteiger partial charge in [0, 0.05) is 5.75 Å². The fourth-order valence-corrected chi connectivity index (χ4v) is 2.01. The second-order valence-electron chi connectivity index (χ2n) is 3.37. The van der Waals surface area contributed by atoms with Crippen LogP contribution in [0, 0.1) is 5.82 Å². The molecular weight excluding hydrogens is 231 g/mol. The van der Waals surface area contributed by atoms with E-state index in [4.69, 9.17) is 4.74 Å². The maximum absolute atomic E-state index is 13.1. The summed E-state index contributed by atoms with van der Waals surface area (Å²) >= 11 is 0. The average molecular weight is 246 g/mol. The maximum Gasteiger partial charge on any atom is 0.165 e. The van der Waals surface area contributed by atoms with Crippen molar-refractivity contribution in [3.05, 3.63) is 30.1 Å². The molecule has 0 fully saturated rings. The van der Waals surface area contributed by atoms with Gasteiger partial charge in [-0.15, -0.1) is 0 Å². The molecule has 0 spiro atoms. The van der Waals surface area contributed by atoms with Gasteiger partial charge in [-0.25, -0.2) is 12.8 Å². The van der Waals surface area contributed by atoms with Gasteiger partial charge in [0.25, 0.3) is 0 Å². The van der Waals surface area contributed by atoms with Gasteiger partial charge in [-0.2, -0.15) is 0 Å². The van der Waals surface area contributed by atoms with Crippen LogP contribution in [-0.4, -0.2) is 26.5 Å².